The number of nitrogens with zero attached hydrogens (tertiary/aromatic N) is 1. The van der Waals surface area contributed by atoms with Gasteiger partial charge in [0.25, 0.3) is 10.1 Å². The van der Waals surface area contributed by atoms with Gasteiger partial charge in [0.05, 0.1) is 17.5 Å². The summed E-state index contributed by atoms with van der Waals surface area (Å²) in [4.78, 5) is 3.52. The molecule has 0 fully saturated rings. The minimum atomic E-state index is -4.47. The lowest BCUT2D eigenvalue weighted by Crippen LogP contribution is -2.10. The van der Waals surface area contributed by atoms with E-state index in [9.17, 15) is 21.6 Å². The highest BCUT2D eigenvalue weighted by molar-refractivity contribution is 7.86. The Morgan fingerprint density at radius 2 is 1.94 bits per heavy atom. The number of pyridine rings is 1. The molecular weight excluding hydrogens is 259 g/mol. The van der Waals surface area contributed by atoms with E-state index in [-0.39, 0.29) is 5.69 Å². The van der Waals surface area contributed by atoms with Crippen LogP contribution < -0.4 is 0 Å². The zero-order valence-corrected chi connectivity index (χ0v) is 9.84. The predicted octanol–water partition coefficient (Wildman–Crippen LogP) is 2.14. The van der Waals surface area contributed by atoms with Crippen molar-refractivity contribution in [3.05, 3.63) is 29.6 Å². The molecule has 1 aromatic rings. The van der Waals surface area contributed by atoms with Crippen molar-refractivity contribution in [1.29, 1.82) is 0 Å². The Morgan fingerprint density at radius 3 is 2.29 bits per heavy atom. The number of aromatic nitrogens is 1. The van der Waals surface area contributed by atoms with Gasteiger partial charge in [0.2, 0.25) is 0 Å². The van der Waals surface area contributed by atoms with E-state index in [4.69, 9.17) is 0 Å². The molecule has 0 saturated carbocycles. The Balaban J connectivity index is 2.88. The lowest BCUT2D eigenvalue weighted by molar-refractivity contribution is -0.137. The molecule has 0 aliphatic heterocycles. The third kappa shape index (κ3) is 4.31. The second-order valence-corrected chi connectivity index (χ2v) is 5.01. The van der Waals surface area contributed by atoms with Gasteiger partial charge in [-0.25, -0.2) is 0 Å². The number of hydrogen-bond acceptors (Lipinski definition) is 4. The van der Waals surface area contributed by atoms with Crippen LogP contribution >= 0.6 is 0 Å². The molecule has 0 aliphatic carbocycles. The molecular formula is C9H10F3NO3S. The van der Waals surface area contributed by atoms with Crippen LogP contribution in [0.15, 0.2) is 18.3 Å². The van der Waals surface area contributed by atoms with E-state index in [0.717, 1.165) is 18.4 Å². The van der Waals surface area contributed by atoms with Crippen LogP contribution in [0.3, 0.4) is 0 Å². The number of rotatable bonds is 3. The van der Waals surface area contributed by atoms with Crippen LogP contribution in [0.25, 0.3) is 0 Å². The van der Waals surface area contributed by atoms with Gasteiger partial charge in [0.15, 0.2) is 0 Å². The van der Waals surface area contributed by atoms with Crippen LogP contribution in [0.1, 0.15) is 24.3 Å². The average Bonchev–Trinajstić information content (AvgIpc) is 2.14. The van der Waals surface area contributed by atoms with E-state index >= 15 is 0 Å². The normalized spacial score (nSPS) is 14.6. The van der Waals surface area contributed by atoms with E-state index in [1.54, 1.807) is 0 Å². The fourth-order valence-corrected chi connectivity index (χ4v) is 1.75. The van der Waals surface area contributed by atoms with E-state index in [2.05, 4.69) is 9.17 Å². The maximum atomic E-state index is 12.2. The van der Waals surface area contributed by atoms with Gasteiger partial charge < -0.3 is 0 Å². The minimum absolute atomic E-state index is 0.114. The van der Waals surface area contributed by atoms with Gasteiger partial charge in [0.1, 0.15) is 6.10 Å². The van der Waals surface area contributed by atoms with Crippen molar-refractivity contribution >= 4 is 10.1 Å². The van der Waals surface area contributed by atoms with Crippen molar-refractivity contribution in [3.8, 4) is 0 Å². The highest BCUT2D eigenvalue weighted by atomic mass is 32.2. The molecule has 1 heterocycles. The number of alkyl halides is 3. The van der Waals surface area contributed by atoms with Crippen molar-refractivity contribution in [2.45, 2.75) is 19.2 Å². The first-order valence-electron chi connectivity index (χ1n) is 4.51. The molecule has 0 aliphatic rings. The molecule has 0 radical (unpaired) electrons. The Morgan fingerprint density at radius 1 is 1.35 bits per heavy atom. The van der Waals surface area contributed by atoms with Crippen molar-refractivity contribution < 1.29 is 25.8 Å². The van der Waals surface area contributed by atoms with Gasteiger partial charge in [-0.05, 0) is 19.1 Å². The Kier molecular flexibility index (Phi) is 3.78. The lowest BCUT2D eigenvalue weighted by atomic mass is 10.2. The fourth-order valence-electron chi connectivity index (χ4n) is 1.12. The Bertz CT molecular complexity index is 481. The summed E-state index contributed by atoms with van der Waals surface area (Å²) in [5.74, 6) is 0. The van der Waals surface area contributed by atoms with Crippen molar-refractivity contribution in [3.63, 3.8) is 0 Å². The Labute approximate surface area is 96.6 Å². The highest BCUT2D eigenvalue weighted by Crippen LogP contribution is 2.29. The minimum Gasteiger partial charge on any atom is -0.261 e. The molecule has 0 N–H and O–H groups in total. The molecule has 4 nitrogen and oxygen atoms in total. The third-order valence-corrected chi connectivity index (χ3v) is 2.49. The molecule has 8 heteroatoms. The SMILES string of the molecule is CC(OS(C)(=O)=O)c1ccc(C(F)(F)F)cn1. The molecule has 1 rings (SSSR count). The quantitative estimate of drug-likeness (QED) is 0.789. The first-order valence-corrected chi connectivity index (χ1v) is 6.32. The van der Waals surface area contributed by atoms with Gasteiger partial charge in [-0.1, -0.05) is 0 Å². The van der Waals surface area contributed by atoms with Gasteiger partial charge in [-0.3, -0.25) is 9.17 Å². The first-order chi connectivity index (χ1) is 7.59. The van der Waals surface area contributed by atoms with Gasteiger partial charge in [-0.15, -0.1) is 0 Å². The summed E-state index contributed by atoms with van der Waals surface area (Å²) in [7, 11) is -3.67. The van der Waals surface area contributed by atoms with Crippen LogP contribution in [0.4, 0.5) is 13.2 Å². The molecule has 0 aromatic carbocycles. The number of hydrogen-bond donors (Lipinski definition) is 0. The molecule has 96 valence electrons. The van der Waals surface area contributed by atoms with Crippen LogP contribution in [0, 0.1) is 0 Å². The summed E-state index contributed by atoms with van der Waals surface area (Å²) >= 11 is 0. The molecule has 0 saturated heterocycles. The third-order valence-electron chi connectivity index (χ3n) is 1.85. The zero-order valence-electron chi connectivity index (χ0n) is 9.02. The van der Waals surface area contributed by atoms with Crippen LogP contribution in [0.2, 0.25) is 0 Å². The van der Waals surface area contributed by atoms with E-state index < -0.39 is 28.0 Å². The Hall–Kier alpha value is -1.15. The molecule has 0 amide bonds. The van der Waals surface area contributed by atoms with Crippen LogP contribution in [0.5, 0.6) is 0 Å². The molecule has 1 atom stereocenters. The lowest BCUT2D eigenvalue weighted by Gasteiger charge is -2.11. The topological polar surface area (TPSA) is 56.3 Å². The van der Waals surface area contributed by atoms with E-state index in [1.165, 1.54) is 6.92 Å². The fraction of sp³-hybridized carbons (Fsp3) is 0.444. The predicted molar refractivity (Wildman–Crippen MR) is 53.6 cm³/mol. The molecule has 1 unspecified atom stereocenters. The summed E-state index contributed by atoms with van der Waals surface area (Å²) in [5.41, 5.74) is -0.781. The van der Waals surface area contributed by atoms with Gasteiger partial charge in [-0.2, -0.15) is 21.6 Å². The average molecular weight is 269 g/mol. The van der Waals surface area contributed by atoms with Crippen molar-refractivity contribution in [2.75, 3.05) is 6.26 Å². The zero-order chi connectivity index (χ0) is 13.3. The second kappa shape index (κ2) is 4.61. The smallest absolute Gasteiger partial charge is 0.261 e. The second-order valence-electron chi connectivity index (χ2n) is 3.41. The summed E-state index contributed by atoms with van der Waals surface area (Å²) in [5, 5.41) is 0. The molecule has 0 spiro atoms. The van der Waals surface area contributed by atoms with Gasteiger partial charge >= 0.3 is 6.18 Å². The summed E-state index contributed by atoms with van der Waals surface area (Å²) in [6, 6.07) is 1.91. The maximum absolute atomic E-state index is 12.2. The summed E-state index contributed by atoms with van der Waals surface area (Å²) in [6.07, 6.45) is -3.90. The standard InChI is InChI=1S/C9H10F3NO3S/c1-6(16-17(2,14)15)8-4-3-7(5-13-8)9(10,11)12/h3-6H,1-2H3. The summed E-state index contributed by atoms with van der Waals surface area (Å²) < 4.78 is 62.9. The summed E-state index contributed by atoms with van der Waals surface area (Å²) in [6.45, 7) is 1.39. The first kappa shape index (κ1) is 13.9. The largest absolute Gasteiger partial charge is 0.417 e. The molecule has 0 bridgehead atoms. The number of halogens is 3. The van der Waals surface area contributed by atoms with E-state index in [1.807, 2.05) is 0 Å². The maximum Gasteiger partial charge on any atom is 0.417 e. The van der Waals surface area contributed by atoms with Gasteiger partial charge in [0, 0.05) is 6.20 Å². The van der Waals surface area contributed by atoms with Crippen molar-refractivity contribution in [2.24, 2.45) is 0 Å². The highest BCUT2D eigenvalue weighted by Gasteiger charge is 2.31. The molecule has 1 aromatic heterocycles. The monoisotopic (exact) mass is 269 g/mol. The van der Waals surface area contributed by atoms with E-state index in [0.29, 0.717) is 6.20 Å². The van der Waals surface area contributed by atoms with Crippen LogP contribution in [-0.2, 0) is 20.5 Å². The van der Waals surface area contributed by atoms with Crippen molar-refractivity contribution in [1.82, 2.24) is 4.98 Å². The van der Waals surface area contributed by atoms with Crippen LogP contribution in [-0.4, -0.2) is 19.7 Å². The molecule has 17 heavy (non-hydrogen) atoms.